The molecule has 7 N–H and O–H groups in total. The largest absolute Gasteiger partial charge is 0.481 e. The highest BCUT2D eigenvalue weighted by atomic mass is 32.2. The first-order valence-electron chi connectivity index (χ1n) is 36.0. The zero-order valence-corrected chi connectivity index (χ0v) is 60.5. The van der Waals surface area contributed by atoms with E-state index in [0.717, 1.165) is 77.5 Å². The summed E-state index contributed by atoms with van der Waals surface area (Å²) in [6, 6.07) is 38.9. The van der Waals surface area contributed by atoms with Crippen LogP contribution in [0.4, 0.5) is 16.2 Å². The number of anilines is 1. The second-order valence-corrected chi connectivity index (χ2v) is 29.7. The van der Waals surface area contributed by atoms with Gasteiger partial charge in [-0.25, -0.2) is 9.59 Å². The summed E-state index contributed by atoms with van der Waals surface area (Å²) in [6.07, 6.45) is 14.8. The summed E-state index contributed by atoms with van der Waals surface area (Å²) < 4.78 is 48.5. The van der Waals surface area contributed by atoms with Gasteiger partial charge in [-0.3, -0.25) is 28.5 Å². The van der Waals surface area contributed by atoms with E-state index >= 15 is 0 Å². The summed E-state index contributed by atoms with van der Waals surface area (Å²) in [7, 11) is -4.15. The molecule has 3 atom stereocenters. The predicted molar refractivity (Wildman–Crippen MR) is 400 cm³/mol. The fourth-order valence-corrected chi connectivity index (χ4v) is 15.0. The van der Waals surface area contributed by atoms with Gasteiger partial charge in [-0.05, 0) is 164 Å². The van der Waals surface area contributed by atoms with Gasteiger partial charge in [-0.2, -0.15) is 13.0 Å². The van der Waals surface area contributed by atoms with Crippen molar-refractivity contribution in [1.29, 1.82) is 0 Å². The lowest BCUT2D eigenvalue weighted by atomic mass is 9.78. The second-order valence-electron chi connectivity index (χ2n) is 28.1. The molecule has 0 bridgehead atoms. The number of ketones is 2. The van der Waals surface area contributed by atoms with E-state index in [0.29, 0.717) is 36.5 Å². The predicted octanol–water partition coefficient (Wildman–Crippen LogP) is 14.0. The lowest BCUT2D eigenvalue weighted by Gasteiger charge is -2.28. The van der Waals surface area contributed by atoms with Crippen LogP contribution in [0, 0.1) is 5.92 Å². The van der Waals surface area contributed by atoms with Gasteiger partial charge in [-0.1, -0.05) is 137 Å². The van der Waals surface area contributed by atoms with Gasteiger partial charge >= 0.3 is 23.9 Å². The van der Waals surface area contributed by atoms with Crippen molar-refractivity contribution >= 4 is 90.2 Å². The number of nitrogens with zero attached hydrogens (tertiary/aromatic N) is 2. The van der Waals surface area contributed by atoms with Crippen molar-refractivity contribution in [1.82, 2.24) is 16.0 Å². The Morgan fingerprint density at radius 2 is 1.34 bits per heavy atom. The average Bonchev–Trinajstić information content (AvgIpc) is 1.58. The molecule has 6 aromatic rings. The van der Waals surface area contributed by atoms with Gasteiger partial charge in [0.25, 0.3) is 10.1 Å². The Morgan fingerprint density at radius 1 is 0.650 bits per heavy atom. The van der Waals surface area contributed by atoms with Crippen LogP contribution in [0.15, 0.2) is 174 Å². The van der Waals surface area contributed by atoms with Gasteiger partial charge in [0.1, 0.15) is 29.9 Å². The fraction of sp³-hybridized carbons (Fsp3) is 0.415. The summed E-state index contributed by atoms with van der Waals surface area (Å²) in [5.74, 6) is -4.99. The molecule has 0 spiro atoms. The Labute approximate surface area is 603 Å². The molecular weight excluding hydrogens is 1330 g/mol. The number of carbonyl (C=O) groups excluding carboxylic acids is 4. The highest BCUT2D eigenvalue weighted by Crippen LogP contribution is 2.51. The molecule has 103 heavy (non-hydrogen) atoms. The van der Waals surface area contributed by atoms with Gasteiger partial charge in [0, 0.05) is 92.7 Å². The first kappa shape index (κ1) is 77.6. The SMILES string of the molecule is CCCCCN1/C(=C/C=C2\CCCC(/C=C/C3=[N+](CCCCS(=O)(=O)O)c4ccc5ccccc5c4C3(C)C)=C2Oc2ccc(C[C@H](CC(=O)[C@H](Cc3ccccc3)NC(=O)CCOCCCC(=O)CC[C@H](NC(=O)NCCCC(=O)O)C(=O)O)C(=O)O)cc2)C(C)(C)c2c1ccc1ccccc21. The van der Waals surface area contributed by atoms with Crippen molar-refractivity contribution in [3.05, 3.63) is 197 Å². The van der Waals surface area contributed by atoms with Crippen LogP contribution in [0.3, 0.4) is 0 Å². The summed E-state index contributed by atoms with van der Waals surface area (Å²) >= 11 is 0. The van der Waals surface area contributed by atoms with Crippen LogP contribution in [-0.4, -0.2) is 131 Å². The number of ether oxygens (including phenoxy) is 2. The lowest BCUT2D eigenvalue weighted by molar-refractivity contribution is -0.438. The normalized spacial score (nSPS) is 16.4. The number of hydrogen-bond acceptors (Lipinski definition) is 12. The molecule has 0 aromatic heterocycles. The third-order valence-electron chi connectivity index (χ3n) is 19.7. The number of urea groups is 1. The van der Waals surface area contributed by atoms with E-state index in [4.69, 9.17) is 14.6 Å². The number of unbranched alkanes of at least 4 members (excludes halogenated alkanes) is 3. The number of hydrogen-bond donors (Lipinski definition) is 7. The van der Waals surface area contributed by atoms with Crippen molar-refractivity contribution < 1.29 is 75.9 Å². The molecular formula is C82H98N5O15S+. The van der Waals surface area contributed by atoms with E-state index in [2.05, 4.69) is 145 Å². The Morgan fingerprint density at radius 3 is 2.03 bits per heavy atom. The van der Waals surface area contributed by atoms with E-state index in [1.165, 1.54) is 33.3 Å². The molecule has 0 saturated heterocycles. The van der Waals surface area contributed by atoms with Crippen molar-refractivity contribution in [3.63, 3.8) is 0 Å². The summed E-state index contributed by atoms with van der Waals surface area (Å²) in [4.78, 5) is 90.7. The molecule has 20 nitrogen and oxygen atoms in total. The molecule has 3 amide bonds. The Kier molecular flexibility index (Phi) is 27.1. The van der Waals surface area contributed by atoms with Crippen LogP contribution in [0.1, 0.15) is 160 Å². The minimum absolute atomic E-state index is 0.00543. The number of nitrogens with one attached hydrogen (secondary N) is 3. The maximum atomic E-state index is 14.3. The van der Waals surface area contributed by atoms with Crippen LogP contribution in [0.5, 0.6) is 5.75 Å². The highest BCUT2D eigenvalue weighted by molar-refractivity contribution is 7.85. The molecule has 21 heteroatoms. The van der Waals surface area contributed by atoms with Crippen LogP contribution in [0.2, 0.25) is 0 Å². The van der Waals surface area contributed by atoms with Crippen molar-refractivity contribution in [2.45, 2.75) is 173 Å². The Bertz CT molecular complexity index is 4360. The van der Waals surface area contributed by atoms with Crippen LogP contribution in [-0.2, 0) is 67.3 Å². The first-order valence-corrected chi connectivity index (χ1v) is 37.6. The topological polar surface area (TPSA) is 295 Å². The van der Waals surface area contributed by atoms with Crippen molar-refractivity contribution in [2.24, 2.45) is 5.92 Å². The number of rotatable bonds is 39. The third kappa shape index (κ3) is 20.8. The molecule has 0 fully saturated rings. The first-order chi connectivity index (χ1) is 49.3. The number of benzene rings is 6. The quantitative estimate of drug-likeness (QED) is 0.0107. The van der Waals surface area contributed by atoms with Gasteiger partial charge in [0.15, 0.2) is 11.5 Å². The number of Topliss-reactive ketones (excluding diaryl/α,β-unsaturated/α-hetero) is 2. The Hall–Kier alpha value is -9.57. The molecule has 0 radical (unpaired) electrons. The standard InChI is InChI=1S/C82H97N5O15S/c1-6-7-15-47-86-68-41-33-57-23-11-13-28-64(57)75(68)81(2,3)71(86)43-35-59-25-18-26-60(36-44-72-82(4,5)76-65-29-14-12-24-58(65)34-42-69(76)87(72)48-16-17-51-103(98,99)100)77(59)102-63-38-31-56(32-39-63)52-61(78(93)94)54-70(89)67(53-55-21-9-8-10-22-55)84-73(90)45-50-101-49-20-27-62(88)37-40-66(79(95)96)85-80(97)83-46-19-30-74(91)92/h8-14,21-24,28-29,31-36,38-39,41-44,61,66-67H,6-7,15-20,25-27,30,37,40,45-54H2,1-5H3,(H6-,83,84,85,90,91,92,93,94,95,96,97,98,99,100)/p+1/t61-,66+,67+/m1/s1. The van der Waals surface area contributed by atoms with E-state index < -0.39 is 69.2 Å². The number of fused-ring (bicyclic) bond motifs is 6. The second kappa shape index (κ2) is 36.0. The monoisotopic (exact) mass is 1420 g/mol. The average molecular weight is 1430 g/mol. The zero-order chi connectivity index (χ0) is 73.8. The number of carbonyl (C=O) groups is 7. The molecule has 2 heterocycles. The lowest BCUT2D eigenvalue weighted by Crippen LogP contribution is -2.46. The zero-order valence-electron chi connectivity index (χ0n) is 59.7. The summed E-state index contributed by atoms with van der Waals surface area (Å²) in [5.41, 5.74) is 9.52. The molecule has 3 aliphatic rings. The van der Waals surface area contributed by atoms with E-state index in [1.807, 2.05) is 66.7 Å². The number of carboxylic acid groups (broad SMARTS) is 3. The molecule has 546 valence electrons. The number of aliphatic carboxylic acids is 3. The molecule has 2 aliphatic heterocycles. The van der Waals surface area contributed by atoms with Gasteiger partial charge in [-0.15, -0.1) is 0 Å². The van der Waals surface area contributed by atoms with Gasteiger partial charge < -0.3 is 45.6 Å². The van der Waals surface area contributed by atoms with Crippen LogP contribution < -0.4 is 25.6 Å². The number of carboxylic acids is 3. The van der Waals surface area contributed by atoms with Crippen LogP contribution >= 0.6 is 0 Å². The molecule has 0 saturated carbocycles. The maximum absolute atomic E-state index is 14.3. The third-order valence-corrected chi connectivity index (χ3v) is 20.5. The van der Waals surface area contributed by atoms with E-state index in [9.17, 15) is 56.7 Å². The highest BCUT2D eigenvalue weighted by Gasteiger charge is 2.46. The Balaban J connectivity index is 0.923. The van der Waals surface area contributed by atoms with E-state index in [-0.39, 0.29) is 107 Å². The summed E-state index contributed by atoms with van der Waals surface area (Å²) in [5, 5.41) is 41.2. The van der Waals surface area contributed by atoms with Gasteiger partial charge in [0.2, 0.25) is 11.6 Å². The smallest absolute Gasteiger partial charge is 0.326 e. The van der Waals surface area contributed by atoms with Gasteiger partial charge in [0.05, 0.1) is 29.7 Å². The number of allylic oxidation sites excluding steroid dienone is 7. The molecule has 9 rings (SSSR count). The maximum Gasteiger partial charge on any atom is 0.326 e. The molecule has 0 unspecified atom stereocenters. The molecule has 6 aromatic carbocycles. The minimum atomic E-state index is -4.15. The van der Waals surface area contributed by atoms with E-state index in [1.54, 1.807) is 0 Å². The van der Waals surface area contributed by atoms with Crippen molar-refractivity contribution in [2.75, 3.05) is 43.5 Å². The van der Waals surface area contributed by atoms with Crippen molar-refractivity contribution in [3.8, 4) is 5.75 Å². The number of amides is 3. The minimum Gasteiger partial charge on any atom is -0.481 e. The fourth-order valence-electron chi connectivity index (χ4n) is 14.4. The van der Waals surface area contributed by atoms with Crippen LogP contribution in [0.25, 0.3) is 21.5 Å². The molecule has 1 aliphatic carbocycles. The summed E-state index contributed by atoms with van der Waals surface area (Å²) in [6.45, 7) is 12.8.